The van der Waals surface area contributed by atoms with Gasteiger partial charge in [-0.2, -0.15) is 13.1 Å². The van der Waals surface area contributed by atoms with Gasteiger partial charge in [0.15, 0.2) is 0 Å². The third-order valence-electron chi connectivity index (χ3n) is 5.69. The molecule has 4 rings (SSSR count). The van der Waals surface area contributed by atoms with Gasteiger partial charge in [-0.25, -0.2) is 8.42 Å². The Bertz CT molecular complexity index is 741. The van der Waals surface area contributed by atoms with Crippen molar-refractivity contribution < 1.29 is 26.7 Å². The normalized spacial score (nSPS) is 29.1. The molecule has 0 aliphatic carbocycles. The van der Waals surface area contributed by atoms with Gasteiger partial charge < -0.3 is 14.8 Å². The number of rotatable bonds is 7. The number of piperidine rings is 1. The van der Waals surface area contributed by atoms with E-state index >= 15 is 0 Å². The van der Waals surface area contributed by atoms with E-state index in [9.17, 15) is 17.2 Å². The number of sulfonamides is 1. The summed E-state index contributed by atoms with van der Waals surface area (Å²) in [5.74, 6) is 0.521. The summed E-state index contributed by atoms with van der Waals surface area (Å²) >= 11 is 0. The van der Waals surface area contributed by atoms with Crippen molar-refractivity contribution in [3.8, 4) is 5.75 Å². The largest absolute Gasteiger partial charge is 0.435 e. The third kappa shape index (κ3) is 3.96. The highest BCUT2D eigenvalue weighted by Crippen LogP contribution is 2.40. The lowest BCUT2D eigenvalue weighted by atomic mass is 9.98. The predicted molar refractivity (Wildman–Crippen MR) is 94.2 cm³/mol. The highest BCUT2D eigenvalue weighted by molar-refractivity contribution is 7.89. The Morgan fingerprint density at radius 3 is 2.30 bits per heavy atom. The molecule has 3 heterocycles. The van der Waals surface area contributed by atoms with Crippen LogP contribution in [0.25, 0.3) is 0 Å². The number of ether oxygens (including phenoxy) is 2. The molecule has 3 fully saturated rings. The van der Waals surface area contributed by atoms with E-state index in [1.165, 1.54) is 24.3 Å². The molecular weight excluding hydrogens is 378 g/mol. The van der Waals surface area contributed by atoms with Crippen molar-refractivity contribution in [1.82, 2.24) is 9.62 Å². The van der Waals surface area contributed by atoms with Crippen LogP contribution in [0.15, 0.2) is 29.2 Å². The van der Waals surface area contributed by atoms with Crippen molar-refractivity contribution in [2.75, 3.05) is 19.8 Å². The lowest BCUT2D eigenvalue weighted by Gasteiger charge is -2.39. The van der Waals surface area contributed by atoms with Gasteiger partial charge in [-0.05, 0) is 49.9 Å². The summed E-state index contributed by atoms with van der Waals surface area (Å²) in [6.07, 6.45) is 3.33. The number of fused-ring (bicyclic) bond motifs is 2. The molecule has 27 heavy (non-hydrogen) atoms. The number of hydrogen-bond acceptors (Lipinski definition) is 5. The molecule has 0 saturated carbocycles. The molecule has 3 atom stereocenters. The molecule has 9 heteroatoms. The van der Waals surface area contributed by atoms with Crippen LogP contribution in [0.2, 0.25) is 0 Å². The average Bonchev–Trinajstić information content (AvgIpc) is 2.86. The summed E-state index contributed by atoms with van der Waals surface area (Å²) < 4.78 is 61.9. The van der Waals surface area contributed by atoms with Crippen LogP contribution in [0.1, 0.15) is 25.7 Å². The molecule has 150 valence electrons. The number of nitrogens with one attached hydrogen (secondary N) is 1. The molecule has 0 aromatic heterocycles. The SMILES string of the molecule is O=S(=O)(c1ccc(OC(F)F)cc1)N1[C@@H]2CC[C@H]1C[C@@H](NCC1COC1)C2. The Balaban J connectivity index is 1.43. The standard InChI is InChI=1S/C18H24F2N2O4S/c19-18(20)26-16-3-5-17(6-4-16)27(23,24)22-14-1-2-15(22)8-13(7-14)21-9-12-10-25-11-12/h3-6,12-15,18,21H,1-2,7-11H2/t13-,14+,15-. The zero-order valence-corrected chi connectivity index (χ0v) is 15.7. The maximum atomic E-state index is 13.1. The van der Waals surface area contributed by atoms with Crippen molar-refractivity contribution >= 4 is 10.0 Å². The Hall–Kier alpha value is -1.29. The fourth-order valence-electron chi connectivity index (χ4n) is 4.34. The van der Waals surface area contributed by atoms with Gasteiger partial charge >= 0.3 is 6.61 Å². The third-order valence-corrected chi connectivity index (χ3v) is 7.71. The van der Waals surface area contributed by atoms with Crippen LogP contribution in [0.4, 0.5) is 8.78 Å². The maximum absolute atomic E-state index is 13.1. The van der Waals surface area contributed by atoms with Gasteiger partial charge in [0.1, 0.15) is 5.75 Å². The predicted octanol–water partition coefficient (Wildman–Crippen LogP) is 2.21. The molecule has 3 aliphatic rings. The summed E-state index contributed by atoms with van der Waals surface area (Å²) in [5.41, 5.74) is 0. The number of halogens is 2. The number of alkyl halides is 2. The van der Waals surface area contributed by atoms with E-state index in [-0.39, 0.29) is 22.7 Å². The quantitative estimate of drug-likeness (QED) is 0.758. The summed E-state index contributed by atoms with van der Waals surface area (Å²) in [6.45, 7) is -0.402. The number of nitrogens with zero attached hydrogens (tertiary/aromatic N) is 1. The molecule has 0 unspecified atom stereocenters. The summed E-state index contributed by atoms with van der Waals surface area (Å²) in [7, 11) is -3.65. The zero-order chi connectivity index (χ0) is 19.0. The van der Waals surface area contributed by atoms with Gasteiger partial charge in [-0.3, -0.25) is 0 Å². The van der Waals surface area contributed by atoms with Crippen molar-refractivity contribution in [1.29, 1.82) is 0 Å². The van der Waals surface area contributed by atoms with E-state index in [0.29, 0.717) is 12.0 Å². The lowest BCUT2D eigenvalue weighted by molar-refractivity contribution is -0.0498. The van der Waals surface area contributed by atoms with Gasteiger partial charge in [0, 0.05) is 30.6 Å². The minimum absolute atomic E-state index is 0.0131. The molecule has 2 bridgehead atoms. The topological polar surface area (TPSA) is 67.9 Å². The van der Waals surface area contributed by atoms with Crippen LogP contribution < -0.4 is 10.1 Å². The Morgan fingerprint density at radius 1 is 1.15 bits per heavy atom. The van der Waals surface area contributed by atoms with E-state index in [4.69, 9.17) is 4.74 Å². The second-order valence-corrected chi connectivity index (χ2v) is 9.39. The van der Waals surface area contributed by atoms with Gasteiger partial charge in [0.25, 0.3) is 0 Å². The summed E-state index contributed by atoms with van der Waals surface area (Å²) in [4.78, 5) is 0.124. The zero-order valence-electron chi connectivity index (χ0n) is 14.9. The van der Waals surface area contributed by atoms with Crippen LogP contribution in [-0.4, -0.2) is 57.2 Å². The fraction of sp³-hybridized carbons (Fsp3) is 0.667. The Kier molecular flexibility index (Phi) is 5.37. The highest BCUT2D eigenvalue weighted by Gasteiger charge is 2.47. The van der Waals surface area contributed by atoms with E-state index in [1.54, 1.807) is 4.31 Å². The van der Waals surface area contributed by atoms with Gasteiger partial charge in [0.2, 0.25) is 10.0 Å². The van der Waals surface area contributed by atoms with Gasteiger partial charge in [-0.1, -0.05) is 0 Å². The lowest BCUT2D eigenvalue weighted by Crippen LogP contribution is -2.52. The second-order valence-electron chi connectivity index (χ2n) is 7.55. The highest BCUT2D eigenvalue weighted by atomic mass is 32.2. The second kappa shape index (κ2) is 7.62. The Morgan fingerprint density at radius 2 is 1.78 bits per heavy atom. The molecule has 1 aromatic rings. The van der Waals surface area contributed by atoms with E-state index < -0.39 is 16.6 Å². The molecule has 3 saturated heterocycles. The fourth-order valence-corrected chi connectivity index (χ4v) is 6.24. The minimum atomic E-state index is -3.65. The van der Waals surface area contributed by atoms with Gasteiger partial charge in [-0.15, -0.1) is 0 Å². The van der Waals surface area contributed by atoms with Gasteiger partial charge in [0.05, 0.1) is 18.1 Å². The monoisotopic (exact) mass is 402 g/mol. The van der Waals surface area contributed by atoms with Crippen molar-refractivity contribution in [3.05, 3.63) is 24.3 Å². The molecule has 6 nitrogen and oxygen atoms in total. The molecular formula is C18H24F2N2O4S. The smallest absolute Gasteiger partial charge is 0.387 e. The van der Waals surface area contributed by atoms with Crippen LogP contribution in [0, 0.1) is 5.92 Å². The van der Waals surface area contributed by atoms with Crippen LogP contribution in [0.5, 0.6) is 5.75 Å². The summed E-state index contributed by atoms with van der Waals surface area (Å²) in [6, 6.07) is 5.53. The summed E-state index contributed by atoms with van der Waals surface area (Å²) in [5, 5.41) is 3.57. The first-order valence-corrected chi connectivity index (χ1v) is 10.8. The first-order chi connectivity index (χ1) is 12.9. The van der Waals surface area contributed by atoms with E-state index in [2.05, 4.69) is 10.1 Å². The molecule has 0 amide bonds. The molecule has 1 N–H and O–H groups in total. The molecule has 1 aromatic carbocycles. The average molecular weight is 402 g/mol. The molecule has 0 radical (unpaired) electrons. The first-order valence-electron chi connectivity index (χ1n) is 9.33. The van der Waals surface area contributed by atoms with Crippen molar-refractivity contribution in [2.24, 2.45) is 5.92 Å². The minimum Gasteiger partial charge on any atom is -0.435 e. The van der Waals surface area contributed by atoms with E-state index in [0.717, 1.165) is 45.4 Å². The molecule has 3 aliphatic heterocycles. The number of hydrogen-bond donors (Lipinski definition) is 1. The maximum Gasteiger partial charge on any atom is 0.387 e. The van der Waals surface area contributed by atoms with Crippen LogP contribution in [0.3, 0.4) is 0 Å². The van der Waals surface area contributed by atoms with Crippen LogP contribution >= 0.6 is 0 Å². The first kappa shape index (κ1) is 19.0. The van der Waals surface area contributed by atoms with Crippen molar-refractivity contribution in [2.45, 2.75) is 55.3 Å². The Labute approximate surface area is 157 Å². The van der Waals surface area contributed by atoms with Crippen molar-refractivity contribution in [3.63, 3.8) is 0 Å². The molecule has 0 spiro atoms. The number of benzene rings is 1. The van der Waals surface area contributed by atoms with Crippen LogP contribution in [-0.2, 0) is 14.8 Å². The van der Waals surface area contributed by atoms with E-state index in [1.807, 2.05) is 0 Å².